The van der Waals surface area contributed by atoms with Crippen LogP contribution in [0.5, 0.6) is 0 Å². The maximum absolute atomic E-state index is 10.8. The Morgan fingerprint density at radius 3 is 2.62 bits per heavy atom. The van der Waals surface area contributed by atoms with Gasteiger partial charge in [-0.05, 0) is 104 Å². The van der Waals surface area contributed by atoms with Crippen LogP contribution in [-0.4, -0.2) is 10.7 Å². The second-order valence-electron chi connectivity index (χ2n) is 12.9. The van der Waals surface area contributed by atoms with Crippen molar-refractivity contribution in [3.63, 3.8) is 0 Å². The van der Waals surface area contributed by atoms with Crippen molar-refractivity contribution >= 4 is 0 Å². The van der Waals surface area contributed by atoms with E-state index in [4.69, 9.17) is 0 Å². The first-order valence-electron chi connectivity index (χ1n) is 12.6. The largest absolute Gasteiger partial charge is 0.385 e. The molecule has 4 aliphatic carbocycles. The highest BCUT2D eigenvalue weighted by molar-refractivity contribution is 5.24. The van der Waals surface area contributed by atoms with Gasteiger partial charge >= 0.3 is 0 Å². The molecule has 3 saturated carbocycles. The van der Waals surface area contributed by atoms with Gasteiger partial charge in [0.2, 0.25) is 0 Å². The minimum Gasteiger partial charge on any atom is -0.385 e. The van der Waals surface area contributed by atoms with E-state index in [1.807, 2.05) is 0 Å². The van der Waals surface area contributed by atoms with E-state index in [2.05, 4.69) is 47.3 Å². The lowest BCUT2D eigenvalue weighted by Crippen LogP contribution is -2.48. The van der Waals surface area contributed by atoms with Gasteiger partial charge in [-0.15, -0.1) is 6.58 Å². The van der Waals surface area contributed by atoms with Gasteiger partial charge in [-0.1, -0.05) is 52.3 Å². The highest BCUT2D eigenvalue weighted by Gasteiger charge is 2.57. The van der Waals surface area contributed by atoms with Crippen molar-refractivity contribution in [1.82, 2.24) is 0 Å². The molecule has 0 aromatic rings. The molecule has 0 saturated heterocycles. The molecule has 164 valence electrons. The Morgan fingerprint density at radius 1 is 1.17 bits per heavy atom. The molecule has 1 N–H and O–H groups in total. The molecule has 1 heteroatoms. The summed E-state index contributed by atoms with van der Waals surface area (Å²) in [6.07, 6.45) is 17.1. The van der Waals surface area contributed by atoms with Crippen LogP contribution in [0.3, 0.4) is 0 Å². The standard InChI is InChI=1S/C28H46O/c1-7-28(29)17-14-21-20(18-28)8-9-23-22(21)13-16-27(6)24(10-11-25(23)27)19(2)12-15-26(3,4)5/h7-8,19,21-25,29H,1,9-18H2,2-6H3/t19?,21-,22?,23?,24+,25?,27+,28-/m0/s1. The molecular weight excluding hydrogens is 352 g/mol. The van der Waals surface area contributed by atoms with Crippen LogP contribution >= 0.6 is 0 Å². The van der Waals surface area contributed by atoms with E-state index in [9.17, 15) is 5.11 Å². The van der Waals surface area contributed by atoms with E-state index < -0.39 is 5.60 Å². The monoisotopic (exact) mass is 398 g/mol. The third-order valence-corrected chi connectivity index (χ3v) is 10.0. The average molecular weight is 399 g/mol. The second-order valence-corrected chi connectivity index (χ2v) is 12.9. The van der Waals surface area contributed by atoms with Crippen LogP contribution in [0.4, 0.5) is 0 Å². The van der Waals surface area contributed by atoms with Gasteiger partial charge in [0.05, 0.1) is 5.60 Å². The summed E-state index contributed by atoms with van der Waals surface area (Å²) in [5.41, 5.74) is 1.96. The van der Waals surface area contributed by atoms with Crippen LogP contribution in [0.25, 0.3) is 0 Å². The van der Waals surface area contributed by atoms with E-state index in [1.165, 1.54) is 51.4 Å². The van der Waals surface area contributed by atoms with Gasteiger partial charge in [-0.2, -0.15) is 0 Å². The maximum atomic E-state index is 10.8. The van der Waals surface area contributed by atoms with Gasteiger partial charge in [0, 0.05) is 6.42 Å². The third kappa shape index (κ3) is 3.90. The van der Waals surface area contributed by atoms with Crippen molar-refractivity contribution in [2.45, 2.75) is 104 Å². The quantitative estimate of drug-likeness (QED) is 0.484. The molecule has 0 spiro atoms. The van der Waals surface area contributed by atoms with Crippen molar-refractivity contribution < 1.29 is 5.11 Å². The first kappa shape index (κ1) is 21.7. The Bertz CT molecular complexity index is 654. The van der Waals surface area contributed by atoms with Crippen LogP contribution < -0.4 is 0 Å². The number of aliphatic hydroxyl groups is 1. The lowest BCUT2D eigenvalue weighted by molar-refractivity contribution is -0.0363. The van der Waals surface area contributed by atoms with E-state index >= 15 is 0 Å². The highest BCUT2D eigenvalue weighted by atomic mass is 16.3. The minimum atomic E-state index is -0.640. The zero-order valence-corrected chi connectivity index (χ0v) is 19.8. The van der Waals surface area contributed by atoms with Gasteiger partial charge in [-0.25, -0.2) is 0 Å². The Kier molecular flexibility index (Phi) is 5.63. The third-order valence-electron chi connectivity index (χ3n) is 10.0. The van der Waals surface area contributed by atoms with Gasteiger partial charge in [0.25, 0.3) is 0 Å². The number of hydrogen-bond donors (Lipinski definition) is 1. The van der Waals surface area contributed by atoms with Crippen LogP contribution in [0.2, 0.25) is 0 Å². The SMILES string of the molecule is C=C[C@]1(O)CC[C@H]2C(=CCC3C2CC[C@@]2(C)C3CC[C@@H]2C(C)CCC(C)(C)C)C1. The van der Waals surface area contributed by atoms with Crippen molar-refractivity contribution in [3.05, 3.63) is 24.3 Å². The van der Waals surface area contributed by atoms with E-state index in [1.54, 1.807) is 11.6 Å². The fraction of sp³-hybridized carbons (Fsp3) is 0.857. The summed E-state index contributed by atoms with van der Waals surface area (Å²) in [5, 5.41) is 10.8. The summed E-state index contributed by atoms with van der Waals surface area (Å²) in [6.45, 7) is 16.3. The highest BCUT2D eigenvalue weighted by Crippen LogP contribution is 2.65. The number of allylic oxidation sites excluding steroid dienone is 1. The van der Waals surface area contributed by atoms with Gasteiger partial charge in [0.15, 0.2) is 0 Å². The molecule has 0 bridgehead atoms. The molecule has 29 heavy (non-hydrogen) atoms. The van der Waals surface area contributed by atoms with Crippen LogP contribution in [0.1, 0.15) is 98.8 Å². The van der Waals surface area contributed by atoms with Crippen LogP contribution in [0.15, 0.2) is 24.3 Å². The Balaban J connectivity index is 1.49. The van der Waals surface area contributed by atoms with Crippen molar-refractivity contribution in [1.29, 1.82) is 0 Å². The van der Waals surface area contributed by atoms with E-state index in [0.29, 0.717) is 10.8 Å². The minimum absolute atomic E-state index is 0.462. The van der Waals surface area contributed by atoms with Crippen molar-refractivity contribution in [3.8, 4) is 0 Å². The number of fused-ring (bicyclic) bond motifs is 5. The lowest BCUT2D eigenvalue weighted by atomic mass is 9.50. The van der Waals surface area contributed by atoms with Gasteiger partial charge < -0.3 is 5.11 Å². The fourth-order valence-electron chi connectivity index (χ4n) is 8.33. The summed E-state index contributed by atoms with van der Waals surface area (Å²) in [4.78, 5) is 0. The summed E-state index contributed by atoms with van der Waals surface area (Å²) in [5.74, 6) is 5.26. The zero-order chi connectivity index (χ0) is 21.0. The second kappa shape index (κ2) is 7.54. The predicted octanol–water partition coefficient (Wildman–Crippen LogP) is 7.55. The molecule has 0 aromatic heterocycles. The molecule has 3 fully saturated rings. The Hall–Kier alpha value is -0.560. The van der Waals surface area contributed by atoms with E-state index in [-0.39, 0.29) is 0 Å². The molecule has 4 rings (SSSR count). The Labute approximate surface area is 180 Å². The lowest BCUT2D eigenvalue weighted by Gasteiger charge is -2.55. The summed E-state index contributed by atoms with van der Waals surface area (Å²) < 4.78 is 0. The molecular formula is C28H46O. The molecule has 0 aliphatic heterocycles. The molecule has 1 nitrogen and oxygen atoms in total. The molecule has 0 aromatic carbocycles. The molecule has 8 atom stereocenters. The average Bonchev–Trinajstić information content (AvgIpc) is 3.02. The van der Waals surface area contributed by atoms with Crippen LogP contribution in [0, 0.1) is 46.3 Å². The summed E-state index contributed by atoms with van der Waals surface area (Å²) >= 11 is 0. The van der Waals surface area contributed by atoms with Gasteiger partial charge in [0.1, 0.15) is 0 Å². The topological polar surface area (TPSA) is 20.2 Å². The maximum Gasteiger partial charge on any atom is 0.0862 e. The summed E-state index contributed by atoms with van der Waals surface area (Å²) in [7, 11) is 0. The predicted molar refractivity (Wildman–Crippen MR) is 124 cm³/mol. The number of hydrogen-bond acceptors (Lipinski definition) is 1. The normalized spacial score (nSPS) is 45.6. The Morgan fingerprint density at radius 2 is 1.93 bits per heavy atom. The molecule has 0 radical (unpaired) electrons. The smallest absolute Gasteiger partial charge is 0.0862 e. The van der Waals surface area contributed by atoms with E-state index in [0.717, 1.165) is 48.3 Å². The zero-order valence-electron chi connectivity index (χ0n) is 19.8. The molecule has 4 unspecified atom stereocenters. The van der Waals surface area contributed by atoms with Crippen molar-refractivity contribution in [2.24, 2.45) is 46.3 Å². The molecule has 0 amide bonds. The summed E-state index contributed by atoms with van der Waals surface area (Å²) in [6, 6.07) is 0. The van der Waals surface area contributed by atoms with Crippen molar-refractivity contribution in [2.75, 3.05) is 0 Å². The van der Waals surface area contributed by atoms with Crippen LogP contribution in [-0.2, 0) is 0 Å². The molecule has 4 aliphatic rings. The number of rotatable bonds is 4. The molecule has 0 heterocycles. The van der Waals surface area contributed by atoms with Gasteiger partial charge in [-0.3, -0.25) is 0 Å². The first-order chi connectivity index (χ1) is 13.6. The first-order valence-corrected chi connectivity index (χ1v) is 12.6. The fourth-order valence-corrected chi connectivity index (χ4v) is 8.33.